The SMILES string of the molecule is COC(=O)[C@]1(O)CC(=O)N(C)[C@@H](C)C/C=C/[C@H](O)[C@@H]2CC[C@H]2CN2C[C@@]3(CCCc4cc(Cl)ccc43)COc3ccc1cc32. The highest BCUT2D eigenvalue weighted by atomic mass is 35.5. The number of benzene rings is 2. The van der Waals surface area contributed by atoms with Gasteiger partial charge in [-0.2, -0.15) is 0 Å². The van der Waals surface area contributed by atoms with Crippen molar-refractivity contribution in [2.45, 2.75) is 75.0 Å². The van der Waals surface area contributed by atoms with E-state index in [2.05, 4.69) is 17.0 Å². The van der Waals surface area contributed by atoms with Crippen molar-refractivity contribution in [3.05, 3.63) is 70.3 Å². The summed E-state index contributed by atoms with van der Waals surface area (Å²) in [7, 11) is 2.89. The highest BCUT2D eigenvalue weighted by molar-refractivity contribution is 6.30. The molecule has 2 aliphatic heterocycles. The van der Waals surface area contributed by atoms with Crippen LogP contribution in [0.4, 0.5) is 5.69 Å². The summed E-state index contributed by atoms with van der Waals surface area (Å²) in [4.78, 5) is 30.5. The second kappa shape index (κ2) is 12.0. The van der Waals surface area contributed by atoms with Crippen molar-refractivity contribution >= 4 is 29.2 Å². The number of fused-ring (bicyclic) bond motifs is 4. The van der Waals surface area contributed by atoms with Gasteiger partial charge in [-0.05, 0) is 98.2 Å². The fraction of sp³-hybridized carbons (Fsp3) is 0.543. The summed E-state index contributed by atoms with van der Waals surface area (Å²) in [6, 6.07) is 11.2. The molecule has 1 spiro atoms. The molecule has 1 amide bonds. The molecule has 4 aliphatic rings. The van der Waals surface area contributed by atoms with Crippen LogP contribution in [0.15, 0.2) is 48.6 Å². The Morgan fingerprint density at radius 1 is 1.18 bits per heavy atom. The van der Waals surface area contributed by atoms with Crippen LogP contribution in [0.5, 0.6) is 5.75 Å². The van der Waals surface area contributed by atoms with Crippen molar-refractivity contribution in [1.82, 2.24) is 4.90 Å². The van der Waals surface area contributed by atoms with Gasteiger partial charge in [-0.1, -0.05) is 35.9 Å². The van der Waals surface area contributed by atoms with Crippen LogP contribution in [-0.2, 0) is 31.8 Å². The molecule has 44 heavy (non-hydrogen) atoms. The maximum atomic E-state index is 13.5. The number of ether oxygens (including phenoxy) is 2. The van der Waals surface area contributed by atoms with E-state index >= 15 is 0 Å². The number of carbonyl (C=O) groups is 2. The summed E-state index contributed by atoms with van der Waals surface area (Å²) >= 11 is 6.41. The Bertz CT molecular complexity index is 1460. The lowest BCUT2D eigenvalue weighted by molar-refractivity contribution is -0.168. The van der Waals surface area contributed by atoms with E-state index in [1.165, 1.54) is 23.1 Å². The first kappa shape index (κ1) is 30.9. The second-order valence-electron chi connectivity index (χ2n) is 13.3. The van der Waals surface area contributed by atoms with E-state index < -0.39 is 24.1 Å². The molecule has 2 bridgehead atoms. The number of aliphatic hydroxyl groups is 2. The Balaban J connectivity index is 1.47. The highest BCUT2D eigenvalue weighted by Crippen LogP contribution is 2.47. The molecule has 2 N–H and O–H groups in total. The van der Waals surface area contributed by atoms with Gasteiger partial charge in [0, 0.05) is 36.6 Å². The van der Waals surface area contributed by atoms with E-state index in [1.54, 1.807) is 25.2 Å². The van der Waals surface area contributed by atoms with Crippen LogP contribution >= 0.6 is 11.6 Å². The zero-order valence-electron chi connectivity index (χ0n) is 25.8. The summed E-state index contributed by atoms with van der Waals surface area (Å²) in [6.45, 7) is 3.75. The van der Waals surface area contributed by atoms with Crippen LogP contribution in [0.2, 0.25) is 5.02 Å². The third kappa shape index (κ3) is 5.50. The second-order valence-corrected chi connectivity index (χ2v) is 13.8. The first-order valence-electron chi connectivity index (χ1n) is 15.8. The van der Waals surface area contributed by atoms with Crippen LogP contribution in [0, 0.1) is 11.8 Å². The molecule has 1 fully saturated rings. The number of nitrogens with zero attached hydrogens (tertiary/aromatic N) is 2. The number of hydrogen-bond acceptors (Lipinski definition) is 7. The minimum Gasteiger partial charge on any atom is -0.490 e. The molecule has 0 radical (unpaired) electrons. The molecule has 2 aromatic rings. The standard InChI is InChI=1S/C35H43ClN2O6/c1-22-6-4-8-30(39)27-12-9-24(27)19-38-20-34(15-5-7-23-16-26(36)11-13-28(23)34)21-44-31-14-10-25(17-29(31)38)35(42,33(41)43-3)18-32(40)37(22)2/h4,8,10-11,13-14,16-17,22,24,27,30,39,42H,5-7,9,12,15,18-21H2,1-3H3/b8-4+/t22-,24-,27+,30-,34-,35-/m0/s1. The lowest BCUT2D eigenvalue weighted by Gasteiger charge is -2.45. The first-order chi connectivity index (χ1) is 21.0. The molecule has 6 rings (SSSR count). The zero-order valence-corrected chi connectivity index (χ0v) is 26.6. The summed E-state index contributed by atoms with van der Waals surface area (Å²) in [5, 5.41) is 23.8. The van der Waals surface area contributed by atoms with Gasteiger partial charge < -0.3 is 29.5 Å². The van der Waals surface area contributed by atoms with E-state index in [-0.39, 0.29) is 34.8 Å². The van der Waals surface area contributed by atoms with E-state index in [1.807, 2.05) is 25.1 Å². The Labute approximate surface area is 264 Å². The Morgan fingerprint density at radius 3 is 2.75 bits per heavy atom. The number of rotatable bonds is 1. The van der Waals surface area contributed by atoms with Crippen LogP contribution in [-0.4, -0.2) is 73.0 Å². The topological polar surface area (TPSA) is 99.5 Å². The third-order valence-corrected chi connectivity index (χ3v) is 10.9. The molecular formula is C35H43ClN2O6. The number of esters is 1. The van der Waals surface area contributed by atoms with Crippen molar-refractivity contribution in [2.75, 3.05) is 38.8 Å². The van der Waals surface area contributed by atoms with Gasteiger partial charge in [0.25, 0.3) is 0 Å². The van der Waals surface area contributed by atoms with Crippen molar-refractivity contribution < 1.29 is 29.3 Å². The number of hydrogen-bond donors (Lipinski definition) is 2. The van der Waals surface area contributed by atoms with Crippen molar-refractivity contribution in [2.24, 2.45) is 11.8 Å². The largest absolute Gasteiger partial charge is 0.490 e. The first-order valence-corrected chi connectivity index (χ1v) is 16.1. The molecule has 1 saturated carbocycles. The van der Waals surface area contributed by atoms with E-state index in [4.69, 9.17) is 21.1 Å². The number of aryl methyl sites for hydroxylation is 1. The van der Waals surface area contributed by atoms with Crippen LogP contribution < -0.4 is 9.64 Å². The third-order valence-electron chi connectivity index (χ3n) is 10.7. The number of carbonyl (C=O) groups excluding carboxylic acids is 2. The summed E-state index contributed by atoms with van der Waals surface area (Å²) in [6.07, 6.45) is 8.18. The van der Waals surface area contributed by atoms with Gasteiger partial charge in [-0.3, -0.25) is 4.79 Å². The molecular weight excluding hydrogens is 580 g/mol. The van der Waals surface area contributed by atoms with Gasteiger partial charge in [0.2, 0.25) is 5.91 Å². The minimum atomic E-state index is -2.18. The van der Waals surface area contributed by atoms with Crippen molar-refractivity contribution in [3.8, 4) is 5.75 Å². The predicted molar refractivity (Wildman–Crippen MR) is 169 cm³/mol. The Kier molecular flexibility index (Phi) is 8.46. The summed E-state index contributed by atoms with van der Waals surface area (Å²) in [5.74, 6) is -0.238. The monoisotopic (exact) mass is 622 g/mol. The molecule has 0 unspecified atom stereocenters. The van der Waals surface area contributed by atoms with E-state index in [0.29, 0.717) is 31.9 Å². The van der Waals surface area contributed by atoms with Crippen LogP contribution in [0.1, 0.15) is 62.1 Å². The number of methoxy groups -OCH3 is 1. The van der Waals surface area contributed by atoms with Gasteiger partial charge in [-0.15, -0.1) is 0 Å². The van der Waals surface area contributed by atoms with Crippen LogP contribution in [0.25, 0.3) is 0 Å². The molecule has 2 heterocycles. The number of halogens is 1. The molecule has 2 aliphatic carbocycles. The van der Waals surface area contributed by atoms with E-state index in [9.17, 15) is 19.8 Å². The fourth-order valence-corrected chi connectivity index (χ4v) is 7.89. The number of anilines is 1. The maximum Gasteiger partial charge on any atom is 0.343 e. The molecule has 0 saturated heterocycles. The van der Waals surface area contributed by atoms with Gasteiger partial charge in [0.15, 0.2) is 5.60 Å². The maximum absolute atomic E-state index is 13.5. The minimum absolute atomic E-state index is 0.116. The van der Waals surface area contributed by atoms with Gasteiger partial charge in [0.05, 0.1) is 31.9 Å². The molecule has 6 atom stereocenters. The highest BCUT2D eigenvalue weighted by Gasteiger charge is 2.46. The number of amides is 1. The Hall–Kier alpha value is -3.07. The summed E-state index contributed by atoms with van der Waals surface area (Å²) in [5.41, 5.74) is 1.07. The molecule has 9 heteroatoms. The predicted octanol–water partition coefficient (Wildman–Crippen LogP) is 4.76. The molecule has 2 aromatic carbocycles. The van der Waals surface area contributed by atoms with Crippen molar-refractivity contribution in [3.63, 3.8) is 0 Å². The Morgan fingerprint density at radius 2 is 2.00 bits per heavy atom. The fourth-order valence-electron chi connectivity index (χ4n) is 7.69. The quantitative estimate of drug-likeness (QED) is 0.350. The number of aliphatic hydroxyl groups excluding tert-OH is 1. The lowest BCUT2D eigenvalue weighted by atomic mass is 9.68. The zero-order chi connectivity index (χ0) is 31.2. The smallest absolute Gasteiger partial charge is 0.343 e. The molecule has 0 aromatic heterocycles. The normalized spacial score (nSPS) is 32.9. The summed E-state index contributed by atoms with van der Waals surface area (Å²) < 4.78 is 11.7. The van der Waals surface area contributed by atoms with Gasteiger partial charge in [0.1, 0.15) is 5.75 Å². The van der Waals surface area contributed by atoms with Gasteiger partial charge in [-0.25, -0.2) is 4.79 Å². The average molecular weight is 623 g/mol. The van der Waals surface area contributed by atoms with Crippen LogP contribution in [0.3, 0.4) is 0 Å². The average Bonchev–Trinajstić information content (AvgIpc) is 3.14. The van der Waals surface area contributed by atoms with E-state index in [0.717, 1.165) is 42.8 Å². The lowest BCUT2D eigenvalue weighted by Crippen LogP contribution is -2.49. The molecule has 236 valence electrons. The van der Waals surface area contributed by atoms with Gasteiger partial charge >= 0.3 is 5.97 Å². The van der Waals surface area contributed by atoms with Crippen molar-refractivity contribution in [1.29, 1.82) is 0 Å². The molecule has 8 nitrogen and oxygen atoms in total.